The van der Waals surface area contributed by atoms with Crippen molar-refractivity contribution in [1.29, 1.82) is 0 Å². The first kappa shape index (κ1) is 18.0. The zero-order chi connectivity index (χ0) is 17.5. The zero-order valence-electron chi connectivity index (χ0n) is 13.5. The Morgan fingerprint density at radius 2 is 1.88 bits per heavy atom. The number of para-hydroxylation sites is 1. The molecule has 0 atom stereocenters. The van der Waals surface area contributed by atoms with Crippen molar-refractivity contribution in [2.75, 3.05) is 19.5 Å². The highest BCUT2D eigenvalue weighted by Gasteiger charge is 2.13. The normalized spacial score (nSPS) is 10.1. The highest BCUT2D eigenvalue weighted by molar-refractivity contribution is 9.10. The molecule has 0 radical (unpaired) electrons. The van der Waals surface area contributed by atoms with Crippen LogP contribution in [-0.4, -0.2) is 26.1 Å². The molecule has 6 heteroatoms. The average Bonchev–Trinajstić information content (AvgIpc) is 2.60. The van der Waals surface area contributed by atoms with Gasteiger partial charge >= 0.3 is 5.97 Å². The van der Waals surface area contributed by atoms with Crippen molar-refractivity contribution in [2.45, 2.75) is 12.8 Å². The molecule has 1 amide bonds. The van der Waals surface area contributed by atoms with Crippen LogP contribution in [0.15, 0.2) is 46.9 Å². The van der Waals surface area contributed by atoms with Crippen LogP contribution in [0.4, 0.5) is 5.69 Å². The SMILES string of the molecule is COC(=O)c1ccccc1NC(=O)CCc1ccc(OC)c(Br)c1. The highest BCUT2D eigenvalue weighted by Crippen LogP contribution is 2.26. The number of carbonyl (C=O) groups excluding carboxylic acids is 2. The number of nitrogens with one attached hydrogen (secondary N) is 1. The maximum atomic E-state index is 12.2. The van der Waals surface area contributed by atoms with Gasteiger partial charge in [0, 0.05) is 6.42 Å². The summed E-state index contributed by atoms with van der Waals surface area (Å²) < 4.78 is 10.7. The minimum absolute atomic E-state index is 0.168. The topological polar surface area (TPSA) is 64.6 Å². The lowest BCUT2D eigenvalue weighted by atomic mass is 10.1. The number of benzene rings is 2. The number of aryl methyl sites for hydroxylation is 1. The third-order valence-electron chi connectivity index (χ3n) is 3.46. The molecule has 0 spiro atoms. The van der Waals surface area contributed by atoms with Gasteiger partial charge in [-0.2, -0.15) is 0 Å². The fraction of sp³-hybridized carbons (Fsp3) is 0.222. The summed E-state index contributed by atoms with van der Waals surface area (Å²) in [4.78, 5) is 23.9. The van der Waals surface area contributed by atoms with Gasteiger partial charge in [-0.25, -0.2) is 4.79 Å². The molecule has 2 aromatic carbocycles. The van der Waals surface area contributed by atoms with E-state index in [2.05, 4.69) is 21.2 Å². The Morgan fingerprint density at radius 1 is 1.12 bits per heavy atom. The average molecular weight is 392 g/mol. The first-order valence-corrected chi connectivity index (χ1v) is 8.14. The largest absolute Gasteiger partial charge is 0.496 e. The van der Waals surface area contributed by atoms with Crippen molar-refractivity contribution in [1.82, 2.24) is 0 Å². The Balaban J connectivity index is 1.99. The van der Waals surface area contributed by atoms with Crippen molar-refractivity contribution in [3.8, 4) is 5.75 Å². The van der Waals surface area contributed by atoms with Crippen LogP contribution >= 0.6 is 15.9 Å². The lowest BCUT2D eigenvalue weighted by molar-refractivity contribution is -0.116. The predicted molar refractivity (Wildman–Crippen MR) is 95.4 cm³/mol. The second-order valence-corrected chi connectivity index (χ2v) is 5.91. The van der Waals surface area contributed by atoms with E-state index >= 15 is 0 Å². The van der Waals surface area contributed by atoms with Gasteiger partial charge in [0.15, 0.2) is 0 Å². The molecular weight excluding hydrogens is 374 g/mol. The number of carbonyl (C=O) groups is 2. The molecule has 126 valence electrons. The van der Waals surface area contributed by atoms with Crippen molar-refractivity contribution in [3.63, 3.8) is 0 Å². The monoisotopic (exact) mass is 391 g/mol. The van der Waals surface area contributed by atoms with Crippen molar-refractivity contribution in [2.24, 2.45) is 0 Å². The third kappa shape index (κ3) is 4.58. The number of hydrogen-bond acceptors (Lipinski definition) is 4. The van der Waals surface area contributed by atoms with Crippen LogP contribution in [0.2, 0.25) is 0 Å². The molecule has 0 unspecified atom stereocenters. The first-order chi connectivity index (χ1) is 11.5. The molecule has 0 bridgehead atoms. The minimum atomic E-state index is -0.481. The van der Waals surface area contributed by atoms with E-state index in [4.69, 9.17) is 9.47 Å². The summed E-state index contributed by atoms with van der Waals surface area (Å²) in [5.74, 6) is 0.0958. The molecule has 0 fully saturated rings. The summed E-state index contributed by atoms with van der Waals surface area (Å²) in [5.41, 5.74) is 1.80. The second kappa shape index (κ2) is 8.49. The number of rotatable bonds is 6. The quantitative estimate of drug-likeness (QED) is 0.760. The fourth-order valence-corrected chi connectivity index (χ4v) is 2.80. The Kier molecular flexibility index (Phi) is 6.37. The van der Waals surface area contributed by atoms with Gasteiger partial charge in [0.25, 0.3) is 0 Å². The standard InChI is InChI=1S/C18H18BrNO4/c1-23-16-9-7-12(11-14(16)19)8-10-17(21)20-15-6-4-3-5-13(15)18(22)24-2/h3-7,9,11H,8,10H2,1-2H3,(H,20,21). The van der Waals surface area contributed by atoms with Crippen molar-refractivity contribution >= 4 is 33.5 Å². The van der Waals surface area contributed by atoms with Crippen LogP contribution in [0.1, 0.15) is 22.3 Å². The number of anilines is 1. The van der Waals surface area contributed by atoms with E-state index in [0.717, 1.165) is 15.8 Å². The Bertz CT molecular complexity index is 746. The maximum absolute atomic E-state index is 12.2. The second-order valence-electron chi connectivity index (χ2n) is 5.05. The summed E-state index contributed by atoms with van der Waals surface area (Å²) >= 11 is 3.42. The van der Waals surface area contributed by atoms with Gasteiger partial charge in [0.1, 0.15) is 5.75 Å². The van der Waals surface area contributed by atoms with Gasteiger partial charge in [-0.05, 0) is 52.2 Å². The van der Waals surface area contributed by atoms with E-state index in [1.165, 1.54) is 7.11 Å². The van der Waals surface area contributed by atoms with Crippen LogP contribution < -0.4 is 10.1 Å². The number of esters is 1. The summed E-state index contributed by atoms with van der Waals surface area (Å²) in [7, 11) is 2.91. The van der Waals surface area contributed by atoms with E-state index in [0.29, 0.717) is 24.1 Å². The van der Waals surface area contributed by atoms with Crippen molar-refractivity contribution in [3.05, 3.63) is 58.1 Å². The molecular formula is C18H18BrNO4. The fourth-order valence-electron chi connectivity index (χ4n) is 2.22. The summed E-state index contributed by atoms with van der Waals surface area (Å²) in [6.45, 7) is 0. The van der Waals surface area contributed by atoms with Gasteiger partial charge in [-0.3, -0.25) is 4.79 Å². The summed E-state index contributed by atoms with van der Waals surface area (Å²) in [6.07, 6.45) is 0.878. The van der Waals surface area contributed by atoms with E-state index in [9.17, 15) is 9.59 Å². The molecule has 0 aliphatic rings. The number of ether oxygens (including phenoxy) is 2. The van der Waals surface area contributed by atoms with Gasteiger partial charge in [-0.1, -0.05) is 18.2 Å². The van der Waals surface area contributed by atoms with E-state index in [1.54, 1.807) is 31.4 Å². The molecule has 0 aliphatic carbocycles. The maximum Gasteiger partial charge on any atom is 0.339 e. The Labute approximate surface area is 149 Å². The number of amides is 1. The number of halogens is 1. The Hall–Kier alpha value is -2.34. The Morgan fingerprint density at radius 3 is 2.54 bits per heavy atom. The van der Waals surface area contributed by atoms with Crippen LogP contribution in [0.3, 0.4) is 0 Å². The number of hydrogen-bond donors (Lipinski definition) is 1. The van der Waals surface area contributed by atoms with Gasteiger partial charge in [-0.15, -0.1) is 0 Å². The predicted octanol–water partition coefficient (Wildman–Crippen LogP) is 3.82. The molecule has 1 N–H and O–H groups in total. The smallest absolute Gasteiger partial charge is 0.339 e. The summed E-state index contributed by atoms with van der Waals surface area (Å²) in [5, 5.41) is 2.76. The van der Waals surface area contributed by atoms with Gasteiger partial charge in [0.2, 0.25) is 5.91 Å². The highest BCUT2D eigenvalue weighted by atomic mass is 79.9. The van der Waals surface area contributed by atoms with Crippen LogP contribution in [0, 0.1) is 0 Å². The molecule has 24 heavy (non-hydrogen) atoms. The van der Waals surface area contributed by atoms with E-state index in [-0.39, 0.29) is 5.91 Å². The third-order valence-corrected chi connectivity index (χ3v) is 4.08. The molecule has 0 aliphatic heterocycles. The van der Waals surface area contributed by atoms with Crippen LogP contribution in [0.25, 0.3) is 0 Å². The van der Waals surface area contributed by atoms with Crippen molar-refractivity contribution < 1.29 is 19.1 Å². The lowest BCUT2D eigenvalue weighted by Gasteiger charge is -2.10. The zero-order valence-corrected chi connectivity index (χ0v) is 15.1. The molecule has 2 aromatic rings. The van der Waals surface area contributed by atoms with E-state index in [1.807, 2.05) is 18.2 Å². The lowest BCUT2D eigenvalue weighted by Crippen LogP contribution is -2.15. The van der Waals surface area contributed by atoms with Crippen LogP contribution in [-0.2, 0) is 16.0 Å². The first-order valence-electron chi connectivity index (χ1n) is 7.34. The summed E-state index contributed by atoms with van der Waals surface area (Å²) in [6, 6.07) is 12.5. The molecule has 0 aromatic heterocycles. The van der Waals surface area contributed by atoms with Gasteiger partial charge < -0.3 is 14.8 Å². The molecule has 0 saturated heterocycles. The molecule has 0 heterocycles. The van der Waals surface area contributed by atoms with Crippen LogP contribution in [0.5, 0.6) is 5.75 Å². The minimum Gasteiger partial charge on any atom is -0.496 e. The molecule has 2 rings (SSSR count). The molecule has 0 saturated carbocycles. The van der Waals surface area contributed by atoms with E-state index < -0.39 is 5.97 Å². The molecule has 5 nitrogen and oxygen atoms in total. The number of methoxy groups -OCH3 is 2. The van der Waals surface area contributed by atoms with Gasteiger partial charge in [0.05, 0.1) is 29.9 Å².